The molecule has 0 aliphatic rings. The molecule has 1 atom stereocenters. The molecule has 92 valence electrons. The fourth-order valence-corrected chi connectivity index (χ4v) is 3.77. The van der Waals surface area contributed by atoms with Crippen molar-refractivity contribution >= 4 is 21.4 Å². The van der Waals surface area contributed by atoms with E-state index in [1.54, 1.807) is 13.1 Å². The number of hydrogen-bond donors (Lipinski definition) is 2. The SMILES string of the molecule is CNC(C)CNS(=O)(=O)c1cc(C)c(C)s1. The van der Waals surface area contributed by atoms with Crippen molar-refractivity contribution in [3.05, 3.63) is 16.5 Å². The first-order chi connectivity index (χ1) is 7.36. The van der Waals surface area contributed by atoms with E-state index in [1.165, 1.54) is 11.3 Å². The van der Waals surface area contributed by atoms with E-state index < -0.39 is 10.0 Å². The van der Waals surface area contributed by atoms with Gasteiger partial charge in [-0.15, -0.1) is 11.3 Å². The Kier molecular flexibility index (Phi) is 4.49. The summed E-state index contributed by atoms with van der Waals surface area (Å²) >= 11 is 1.31. The summed E-state index contributed by atoms with van der Waals surface area (Å²) in [5.74, 6) is 0. The summed E-state index contributed by atoms with van der Waals surface area (Å²) in [5.41, 5.74) is 1.02. The zero-order chi connectivity index (χ0) is 12.3. The second kappa shape index (κ2) is 5.27. The summed E-state index contributed by atoms with van der Waals surface area (Å²) in [4.78, 5) is 1.04. The predicted octanol–water partition coefficient (Wildman–Crippen LogP) is 1.25. The van der Waals surface area contributed by atoms with Crippen LogP contribution in [0, 0.1) is 13.8 Å². The Bertz CT molecular complexity index is 432. The number of thiophene rings is 1. The van der Waals surface area contributed by atoms with Gasteiger partial charge in [0, 0.05) is 17.5 Å². The van der Waals surface area contributed by atoms with Crippen LogP contribution in [-0.4, -0.2) is 28.1 Å². The third kappa shape index (κ3) is 3.28. The monoisotopic (exact) mass is 262 g/mol. The molecule has 1 heterocycles. The molecule has 0 saturated carbocycles. The smallest absolute Gasteiger partial charge is 0.250 e. The van der Waals surface area contributed by atoms with Crippen molar-refractivity contribution in [3.63, 3.8) is 0 Å². The number of aryl methyl sites for hydroxylation is 2. The first kappa shape index (κ1) is 13.6. The largest absolute Gasteiger partial charge is 0.316 e. The lowest BCUT2D eigenvalue weighted by atomic mass is 10.3. The minimum Gasteiger partial charge on any atom is -0.316 e. The second-order valence-corrected chi connectivity index (χ2v) is 7.10. The van der Waals surface area contributed by atoms with Gasteiger partial charge in [0.05, 0.1) is 0 Å². The topological polar surface area (TPSA) is 58.2 Å². The number of rotatable bonds is 5. The van der Waals surface area contributed by atoms with Gasteiger partial charge < -0.3 is 5.32 Å². The fourth-order valence-electron chi connectivity index (χ4n) is 1.08. The summed E-state index contributed by atoms with van der Waals surface area (Å²) in [6.07, 6.45) is 0. The van der Waals surface area contributed by atoms with Crippen molar-refractivity contribution in [1.82, 2.24) is 10.0 Å². The molecule has 1 rings (SSSR count). The van der Waals surface area contributed by atoms with Crippen molar-refractivity contribution in [3.8, 4) is 0 Å². The highest BCUT2D eigenvalue weighted by molar-refractivity contribution is 7.91. The maximum absolute atomic E-state index is 11.9. The van der Waals surface area contributed by atoms with Gasteiger partial charge in [-0.25, -0.2) is 13.1 Å². The molecule has 1 aromatic rings. The van der Waals surface area contributed by atoms with Gasteiger partial charge in [-0.2, -0.15) is 0 Å². The van der Waals surface area contributed by atoms with Crippen LogP contribution in [-0.2, 0) is 10.0 Å². The Morgan fingerprint density at radius 3 is 2.50 bits per heavy atom. The molecule has 0 amide bonds. The standard InChI is InChI=1S/C10H18N2O2S2/c1-7-5-10(15-9(7)3)16(13,14)12-6-8(2)11-4/h5,8,11-12H,6H2,1-4H3. The summed E-state index contributed by atoms with van der Waals surface area (Å²) in [5, 5.41) is 2.98. The van der Waals surface area contributed by atoms with Crippen LogP contribution < -0.4 is 10.0 Å². The molecule has 6 heteroatoms. The molecule has 0 aliphatic heterocycles. The van der Waals surface area contributed by atoms with Crippen LogP contribution in [0.1, 0.15) is 17.4 Å². The van der Waals surface area contributed by atoms with Crippen LogP contribution in [0.2, 0.25) is 0 Å². The Hall–Kier alpha value is -0.430. The summed E-state index contributed by atoms with van der Waals surface area (Å²) in [6.45, 7) is 6.17. The number of likely N-dealkylation sites (N-methyl/N-ethyl adjacent to an activating group) is 1. The van der Waals surface area contributed by atoms with Crippen molar-refractivity contribution in [2.45, 2.75) is 31.0 Å². The summed E-state index contributed by atoms with van der Waals surface area (Å²) in [7, 11) is -1.53. The molecule has 0 aromatic carbocycles. The number of nitrogens with one attached hydrogen (secondary N) is 2. The van der Waals surface area contributed by atoms with Crippen molar-refractivity contribution in [2.75, 3.05) is 13.6 Å². The minimum atomic E-state index is -3.34. The quantitative estimate of drug-likeness (QED) is 0.839. The molecule has 16 heavy (non-hydrogen) atoms. The molecule has 0 aliphatic carbocycles. The van der Waals surface area contributed by atoms with Gasteiger partial charge in [-0.3, -0.25) is 0 Å². The van der Waals surface area contributed by atoms with E-state index in [2.05, 4.69) is 10.0 Å². The van der Waals surface area contributed by atoms with E-state index in [1.807, 2.05) is 20.8 Å². The average molecular weight is 262 g/mol. The summed E-state index contributed by atoms with van der Waals surface area (Å²) < 4.78 is 26.8. The Labute approximate surface area is 101 Å². The molecule has 0 bridgehead atoms. The highest BCUT2D eigenvalue weighted by Crippen LogP contribution is 2.24. The lowest BCUT2D eigenvalue weighted by molar-refractivity contribution is 0.556. The van der Waals surface area contributed by atoms with Gasteiger partial charge in [0.25, 0.3) is 0 Å². The highest BCUT2D eigenvalue weighted by atomic mass is 32.2. The maximum Gasteiger partial charge on any atom is 0.250 e. The normalized spacial score (nSPS) is 14.0. The lowest BCUT2D eigenvalue weighted by Crippen LogP contribution is -2.36. The molecule has 2 N–H and O–H groups in total. The van der Waals surface area contributed by atoms with Gasteiger partial charge in [0.2, 0.25) is 10.0 Å². The van der Waals surface area contributed by atoms with E-state index in [9.17, 15) is 8.42 Å². The molecule has 4 nitrogen and oxygen atoms in total. The van der Waals surface area contributed by atoms with Crippen molar-refractivity contribution in [1.29, 1.82) is 0 Å². The Morgan fingerprint density at radius 2 is 2.06 bits per heavy atom. The third-order valence-corrected chi connectivity index (χ3v) is 5.53. The number of hydrogen-bond acceptors (Lipinski definition) is 4. The van der Waals surface area contributed by atoms with E-state index in [4.69, 9.17) is 0 Å². The van der Waals surface area contributed by atoms with Gasteiger partial charge in [0.1, 0.15) is 4.21 Å². The third-order valence-electron chi connectivity index (χ3n) is 2.48. The molecule has 0 saturated heterocycles. The van der Waals surface area contributed by atoms with Gasteiger partial charge in [-0.05, 0) is 39.4 Å². The lowest BCUT2D eigenvalue weighted by Gasteiger charge is -2.10. The maximum atomic E-state index is 11.9. The zero-order valence-corrected chi connectivity index (χ0v) is 11.6. The van der Waals surface area contributed by atoms with E-state index in [-0.39, 0.29) is 6.04 Å². The van der Waals surface area contributed by atoms with Crippen molar-refractivity contribution < 1.29 is 8.42 Å². The van der Waals surface area contributed by atoms with Crippen LogP contribution >= 0.6 is 11.3 Å². The molecular weight excluding hydrogens is 244 g/mol. The van der Waals surface area contributed by atoms with Crippen LogP contribution in [0.15, 0.2) is 10.3 Å². The molecule has 0 radical (unpaired) electrons. The summed E-state index contributed by atoms with van der Waals surface area (Å²) in [6, 6.07) is 1.84. The second-order valence-electron chi connectivity index (χ2n) is 3.85. The van der Waals surface area contributed by atoms with Crippen LogP contribution in [0.25, 0.3) is 0 Å². The molecular formula is C10H18N2O2S2. The molecule has 1 unspecified atom stereocenters. The van der Waals surface area contributed by atoms with Crippen molar-refractivity contribution in [2.24, 2.45) is 0 Å². The number of sulfonamides is 1. The predicted molar refractivity (Wildman–Crippen MR) is 67.5 cm³/mol. The average Bonchev–Trinajstić information content (AvgIpc) is 2.56. The van der Waals surface area contributed by atoms with Crippen LogP contribution in [0.3, 0.4) is 0 Å². The molecule has 0 fully saturated rings. The van der Waals surface area contributed by atoms with Crippen LogP contribution in [0.4, 0.5) is 0 Å². The van der Waals surface area contributed by atoms with Gasteiger partial charge >= 0.3 is 0 Å². The Balaban J connectivity index is 2.78. The first-order valence-electron chi connectivity index (χ1n) is 5.11. The van der Waals surface area contributed by atoms with Crippen LogP contribution in [0.5, 0.6) is 0 Å². The fraction of sp³-hybridized carbons (Fsp3) is 0.600. The minimum absolute atomic E-state index is 0.122. The van der Waals surface area contributed by atoms with E-state index in [0.717, 1.165) is 10.4 Å². The van der Waals surface area contributed by atoms with Gasteiger partial charge in [-0.1, -0.05) is 0 Å². The molecule has 1 aromatic heterocycles. The first-order valence-corrected chi connectivity index (χ1v) is 7.40. The Morgan fingerprint density at radius 1 is 1.44 bits per heavy atom. The molecule has 0 spiro atoms. The highest BCUT2D eigenvalue weighted by Gasteiger charge is 2.17. The zero-order valence-electron chi connectivity index (χ0n) is 9.99. The van der Waals surface area contributed by atoms with E-state index >= 15 is 0 Å². The van der Waals surface area contributed by atoms with Gasteiger partial charge in [0.15, 0.2) is 0 Å². The van der Waals surface area contributed by atoms with E-state index in [0.29, 0.717) is 10.8 Å².